The van der Waals surface area contributed by atoms with Gasteiger partial charge in [0.15, 0.2) is 0 Å². The molecule has 0 spiro atoms. The topological polar surface area (TPSA) is 154 Å². The van der Waals surface area contributed by atoms with E-state index < -0.39 is 44.2 Å². The van der Waals surface area contributed by atoms with Crippen LogP contribution in [0.1, 0.15) is 23.7 Å². The molecule has 2 rings (SSSR count). The van der Waals surface area contributed by atoms with Crippen molar-refractivity contribution in [2.24, 2.45) is 0 Å². The molecule has 11 nitrogen and oxygen atoms in total. The number of hydrogen-bond donors (Lipinski definition) is 4. The maximum absolute atomic E-state index is 12.6. The maximum atomic E-state index is 12.6. The van der Waals surface area contributed by atoms with E-state index in [-0.39, 0.29) is 6.61 Å². The number of carbonyl (C=O) groups is 3. The first-order valence-electron chi connectivity index (χ1n) is 7.50. The van der Waals surface area contributed by atoms with Gasteiger partial charge >= 0.3 is 23.8 Å². The van der Waals surface area contributed by atoms with Crippen LogP contribution in [0.25, 0.3) is 0 Å². The lowest BCUT2D eigenvalue weighted by molar-refractivity contribution is -0.170. The predicted molar refractivity (Wildman–Crippen MR) is 87.1 cm³/mol. The summed E-state index contributed by atoms with van der Waals surface area (Å²) in [6.45, 7) is 1.81. The van der Waals surface area contributed by atoms with Crippen molar-refractivity contribution in [3.05, 3.63) is 29.8 Å². The summed E-state index contributed by atoms with van der Waals surface area (Å²) in [4.78, 5) is 35.8. The number of carboxylic acids is 1. The lowest BCUT2D eigenvalue weighted by Gasteiger charge is -2.31. The molecule has 1 aromatic rings. The van der Waals surface area contributed by atoms with Crippen molar-refractivity contribution in [2.45, 2.75) is 24.1 Å². The summed E-state index contributed by atoms with van der Waals surface area (Å²) >= 11 is 0. The van der Waals surface area contributed by atoms with E-state index in [4.69, 9.17) is 9.84 Å². The summed E-state index contributed by atoms with van der Waals surface area (Å²) in [5.41, 5.74) is 3.99. The van der Waals surface area contributed by atoms with Crippen molar-refractivity contribution in [2.75, 3.05) is 13.7 Å². The molecule has 1 saturated heterocycles. The van der Waals surface area contributed by atoms with Crippen LogP contribution >= 0.6 is 0 Å². The first kappa shape index (κ1) is 19.6. The number of sulfonamides is 1. The smallest absolute Gasteiger partial charge is 0.337 e. The largest absolute Gasteiger partial charge is 0.478 e. The number of urea groups is 1. The van der Waals surface area contributed by atoms with Gasteiger partial charge in [0.1, 0.15) is 4.90 Å². The molecule has 4 N–H and O–H groups in total. The number of nitrogens with zero attached hydrogens (tertiary/aromatic N) is 1. The fourth-order valence-electron chi connectivity index (χ4n) is 2.23. The Morgan fingerprint density at radius 3 is 2.54 bits per heavy atom. The number of hydrogen-bond acceptors (Lipinski definition) is 7. The number of rotatable bonds is 7. The molecular weight excluding hydrogens is 368 g/mol. The predicted octanol–water partition coefficient (Wildman–Crippen LogP) is -0.570. The average molecular weight is 386 g/mol. The number of aromatic carboxylic acids is 1. The number of nitrogens with one attached hydrogen (secondary N) is 3. The summed E-state index contributed by atoms with van der Waals surface area (Å²) < 4.78 is 32.2. The average Bonchev–Trinajstić information content (AvgIpc) is 2.89. The third kappa shape index (κ3) is 3.47. The molecule has 0 bridgehead atoms. The van der Waals surface area contributed by atoms with Gasteiger partial charge in [-0.1, -0.05) is 19.1 Å². The minimum atomic E-state index is -4.54. The standard InChI is InChI=1S/C14H18N4O7S/c1-3-8-25-14(17-15-13(22)18(14)2)12(21)16-26(23,24)10-7-5-4-6-9(10)11(19)20/h4-7,17H,3,8H2,1-2H3,(H,15,22)(H,16,21)(H,19,20). The van der Waals surface area contributed by atoms with Gasteiger partial charge in [0.25, 0.3) is 10.0 Å². The van der Waals surface area contributed by atoms with Crippen LogP contribution in [0.2, 0.25) is 0 Å². The van der Waals surface area contributed by atoms with E-state index in [0.717, 1.165) is 17.0 Å². The Labute approximate surface area is 149 Å². The fourth-order valence-corrected chi connectivity index (χ4v) is 3.42. The van der Waals surface area contributed by atoms with Gasteiger partial charge in [0, 0.05) is 7.05 Å². The van der Waals surface area contributed by atoms with Crippen molar-refractivity contribution in [1.29, 1.82) is 0 Å². The van der Waals surface area contributed by atoms with Crippen LogP contribution in [0.5, 0.6) is 0 Å². The monoisotopic (exact) mass is 386 g/mol. The van der Waals surface area contributed by atoms with Crippen LogP contribution in [0.4, 0.5) is 4.79 Å². The highest BCUT2D eigenvalue weighted by Gasteiger charge is 2.52. The number of hydrazine groups is 1. The summed E-state index contributed by atoms with van der Waals surface area (Å²) in [6.07, 6.45) is 0.493. The molecule has 0 aliphatic carbocycles. The maximum Gasteiger partial charge on any atom is 0.337 e. The molecule has 1 fully saturated rings. The third-order valence-electron chi connectivity index (χ3n) is 3.57. The molecule has 3 amide bonds. The Kier molecular flexibility index (Phi) is 5.49. The molecular formula is C14H18N4O7S. The molecule has 12 heteroatoms. The molecule has 26 heavy (non-hydrogen) atoms. The molecule has 0 aromatic heterocycles. The molecule has 1 unspecified atom stereocenters. The van der Waals surface area contributed by atoms with Crippen LogP contribution in [0.3, 0.4) is 0 Å². The Morgan fingerprint density at radius 1 is 1.35 bits per heavy atom. The summed E-state index contributed by atoms with van der Waals surface area (Å²) in [7, 11) is -3.30. The highest BCUT2D eigenvalue weighted by Crippen LogP contribution is 2.20. The Hall–Kier alpha value is -2.70. The first-order chi connectivity index (χ1) is 12.2. The van der Waals surface area contributed by atoms with Crippen LogP contribution in [-0.2, 0) is 19.6 Å². The second kappa shape index (κ2) is 7.27. The van der Waals surface area contributed by atoms with E-state index in [1.807, 2.05) is 0 Å². The van der Waals surface area contributed by atoms with E-state index in [0.29, 0.717) is 6.42 Å². The number of carbonyl (C=O) groups excluding carboxylic acids is 2. The molecule has 1 aromatic carbocycles. The summed E-state index contributed by atoms with van der Waals surface area (Å²) in [5, 5.41) is 9.14. The van der Waals surface area contributed by atoms with Crippen molar-refractivity contribution >= 4 is 27.9 Å². The van der Waals surface area contributed by atoms with Gasteiger partial charge in [-0.3, -0.25) is 15.1 Å². The van der Waals surface area contributed by atoms with Crippen LogP contribution in [-0.4, -0.2) is 55.8 Å². The van der Waals surface area contributed by atoms with Crippen molar-refractivity contribution in [3.63, 3.8) is 0 Å². The van der Waals surface area contributed by atoms with E-state index in [1.54, 1.807) is 11.6 Å². The molecule has 0 radical (unpaired) electrons. The van der Waals surface area contributed by atoms with Gasteiger partial charge in [0.05, 0.1) is 12.2 Å². The summed E-state index contributed by atoms with van der Waals surface area (Å²) in [5.74, 6) is -4.77. The Morgan fingerprint density at radius 2 is 2.00 bits per heavy atom. The van der Waals surface area contributed by atoms with Crippen molar-refractivity contribution in [1.82, 2.24) is 20.5 Å². The molecule has 142 valence electrons. The van der Waals surface area contributed by atoms with E-state index in [1.165, 1.54) is 19.2 Å². The minimum Gasteiger partial charge on any atom is -0.478 e. The van der Waals surface area contributed by atoms with Gasteiger partial charge in [-0.2, -0.15) is 5.43 Å². The second-order valence-electron chi connectivity index (χ2n) is 5.34. The second-order valence-corrected chi connectivity index (χ2v) is 6.99. The first-order valence-corrected chi connectivity index (χ1v) is 8.98. The highest BCUT2D eigenvalue weighted by molar-refractivity contribution is 7.90. The van der Waals surface area contributed by atoms with Crippen LogP contribution in [0, 0.1) is 0 Å². The third-order valence-corrected chi connectivity index (χ3v) is 4.96. The lowest BCUT2D eigenvalue weighted by atomic mass is 10.2. The fraction of sp³-hybridized carbons (Fsp3) is 0.357. The van der Waals surface area contributed by atoms with Gasteiger partial charge < -0.3 is 9.84 Å². The van der Waals surface area contributed by atoms with Gasteiger partial charge in [-0.15, -0.1) is 0 Å². The van der Waals surface area contributed by atoms with E-state index >= 15 is 0 Å². The molecule has 1 heterocycles. The zero-order valence-corrected chi connectivity index (χ0v) is 14.8. The zero-order valence-electron chi connectivity index (χ0n) is 14.0. The lowest BCUT2D eigenvalue weighted by Crippen LogP contribution is -2.64. The van der Waals surface area contributed by atoms with Crippen LogP contribution < -0.4 is 15.6 Å². The number of likely N-dealkylation sites (N-methyl/N-ethyl adjacent to an activating group) is 1. The number of benzene rings is 1. The van der Waals surface area contributed by atoms with E-state index in [9.17, 15) is 22.8 Å². The number of ether oxygens (including phenoxy) is 1. The van der Waals surface area contributed by atoms with Crippen molar-refractivity contribution in [3.8, 4) is 0 Å². The Balaban J connectivity index is 2.37. The van der Waals surface area contributed by atoms with Crippen LogP contribution in [0.15, 0.2) is 29.2 Å². The minimum absolute atomic E-state index is 0.0471. The van der Waals surface area contributed by atoms with Gasteiger partial charge in [-0.25, -0.2) is 22.7 Å². The molecule has 0 saturated carbocycles. The molecule has 1 atom stereocenters. The highest BCUT2D eigenvalue weighted by atomic mass is 32.2. The van der Waals surface area contributed by atoms with Gasteiger partial charge in [-0.05, 0) is 18.6 Å². The zero-order chi connectivity index (χ0) is 19.5. The Bertz CT molecular complexity index is 841. The number of carboxylic acid groups (broad SMARTS) is 1. The van der Waals surface area contributed by atoms with E-state index in [2.05, 4.69) is 10.9 Å². The number of amides is 3. The van der Waals surface area contributed by atoms with Crippen molar-refractivity contribution < 1.29 is 32.6 Å². The summed E-state index contributed by atoms with van der Waals surface area (Å²) in [6, 6.07) is 4.11. The normalized spacial score (nSPS) is 19.9. The molecule has 1 aliphatic heterocycles. The van der Waals surface area contributed by atoms with Gasteiger partial charge in [0.2, 0.25) is 0 Å². The quantitative estimate of drug-likeness (QED) is 0.486. The SMILES string of the molecule is CCCOC1(C(=O)NS(=O)(=O)c2ccccc2C(=O)O)NNC(=O)N1C. The molecule has 1 aliphatic rings.